The van der Waals surface area contributed by atoms with E-state index in [1.54, 1.807) is 24.3 Å². The molecule has 1 fully saturated rings. The van der Waals surface area contributed by atoms with Crippen LogP contribution in [0.4, 0.5) is 11.8 Å². The van der Waals surface area contributed by atoms with Crippen LogP contribution in [0.15, 0.2) is 57.9 Å². The number of hydrogen-bond donors (Lipinski definition) is 3. The quantitative estimate of drug-likeness (QED) is 0.403. The number of nitrogens with zero attached hydrogens (tertiary/aromatic N) is 2. The van der Waals surface area contributed by atoms with E-state index in [9.17, 15) is 8.42 Å². The molecule has 170 valence electrons. The monoisotopic (exact) mass is 517 g/mol. The zero-order chi connectivity index (χ0) is 22.6. The lowest BCUT2D eigenvalue weighted by molar-refractivity contribution is 0.284. The molecular formula is C23H28BrN5O2S. The molecule has 1 aliphatic carbocycles. The average molecular weight is 518 g/mol. The van der Waals surface area contributed by atoms with Crippen LogP contribution >= 0.6 is 15.9 Å². The fourth-order valence-corrected chi connectivity index (χ4v) is 5.53. The van der Waals surface area contributed by atoms with Crippen LogP contribution in [0.1, 0.15) is 25.7 Å². The van der Waals surface area contributed by atoms with Crippen LogP contribution in [-0.4, -0.2) is 38.5 Å². The number of aromatic nitrogens is 2. The number of benzene rings is 2. The Kier molecular flexibility index (Phi) is 7.27. The highest BCUT2D eigenvalue weighted by atomic mass is 79.9. The SMILES string of the molecule is CNc1nc(NC[C@H]2CC[C@H](CNS(=O)(=O)c3ccc(Br)cc3)CC2)nc2ccccc12. The van der Waals surface area contributed by atoms with E-state index in [4.69, 9.17) is 0 Å². The number of anilines is 2. The molecule has 9 heteroatoms. The fraction of sp³-hybridized carbons (Fsp3) is 0.391. The molecule has 0 aliphatic heterocycles. The molecule has 0 amide bonds. The highest BCUT2D eigenvalue weighted by molar-refractivity contribution is 9.10. The summed E-state index contributed by atoms with van der Waals surface area (Å²) in [6.45, 7) is 1.30. The lowest BCUT2D eigenvalue weighted by Crippen LogP contribution is -2.32. The molecule has 1 aliphatic rings. The molecule has 1 saturated carbocycles. The molecule has 4 rings (SSSR count). The van der Waals surface area contributed by atoms with E-state index in [1.807, 2.05) is 31.3 Å². The van der Waals surface area contributed by atoms with Crippen LogP contribution < -0.4 is 15.4 Å². The topological polar surface area (TPSA) is 96.0 Å². The Morgan fingerprint density at radius 1 is 0.938 bits per heavy atom. The third-order valence-electron chi connectivity index (χ3n) is 6.04. The van der Waals surface area contributed by atoms with Gasteiger partial charge in [0.25, 0.3) is 0 Å². The van der Waals surface area contributed by atoms with Crippen molar-refractivity contribution in [3.63, 3.8) is 0 Å². The van der Waals surface area contributed by atoms with Gasteiger partial charge in [0, 0.05) is 30.0 Å². The third-order valence-corrected chi connectivity index (χ3v) is 8.01. The molecule has 0 radical (unpaired) electrons. The van der Waals surface area contributed by atoms with Crippen molar-refractivity contribution in [2.24, 2.45) is 11.8 Å². The van der Waals surface area contributed by atoms with Gasteiger partial charge in [-0.25, -0.2) is 18.1 Å². The Balaban J connectivity index is 1.26. The van der Waals surface area contributed by atoms with Crippen LogP contribution in [0.2, 0.25) is 0 Å². The van der Waals surface area contributed by atoms with Crippen molar-refractivity contribution in [3.8, 4) is 0 Å². The van der Waals surface area contributed by atoms with E-state index >= 15 is 0 Å². The predicted octanol–water partition coefficient (Wildman–Crippen LogP) is 4.63. The van der Waals surface area contributed by atoms with E-state index in [-0.39, 0.29) is 0 Å². The van der Waals surface area contributed by atoms with Gasteiger partial charge >= 0.3 is 0 Å². The van der Waals surface area contributed by atoms with E-state index in [1.165, 1.54) is 0 Å². The second-order valence-electron chi connectivity index (χ2n) is 8.24. The summed E-state index contributed by atoms with van der Waals surface area (Å²) in [7, 11) is -1.60. The molecule has 1 heterocycles. The molecule has 0 unspecified atom stereocenters. The Morgan fingerprint density at radius 2 is 1.59 bits per heavy atom. The number of fused-ring (bicyclic) bond motifs is 1. The second-order valence-corrected chi connectivity index (χ2v) is 10.9. The molecular weight excluding hydrogens is 490 g/mol. The molecule has 0 atom stereocenters. The lowest BCUT2D eigenvalue weighted by Gasteiger charge is -2.28. The van der Waals surface area contributed by atoms with Crippen LogP contribution in [-0.2, 0) is 10.0 Å². The summed E-state index contributed by atoms with van der Waals surface area (Å²) in [5, 5.41) is 7.55. The number of nitrogens with one attached hydrogen (secondary N) is 3. The van der Waals surface area contributed by atoms with Gasteiger partial charge < -0.3 is 10.6 Å². The largest absolute Gasteiger partial charge is 0.372 e. The van der Waals surface area contributed by atoms with Gasteiger partial charge in [-0.15, -0.1) is 0 Å². The molecule has 3 aromatic rings. The summed E-state index contributed by atoms with van der Waals surface area (Å²) in [6.07, 6.45) is 4.14. The molecule has 2 aromatic carbocycles. The highest BCUT2D eigenvalue weighted by Crippen LogP contribution is 2.29. The molecule has 0 saturated heterocycles. The Bertz CT molecular complexity index is 1160. The lowest BCUT2D eigenvalue weighted by atomic mass is 9.82. The first kappa shape index (κ1) is 22.9. The van der Waals surface area contributed by atoms with Crippen LogP contribution in [0.5, 0.6) is 0 Å². The number of hydrogen-bond acceptors (Lipinski definition) is 6. The minimum absolute atomic E-state index is 0.301. The van der Waals surface area contributed by atoms with Gasteiger partial charge in [-0.1, -0.05) is 28.1 Å². The summed E-state index contributed by atoms with van der Waals surface area (Å²) < 4.78 is 28.6. The standard InChI is InChI=1S/C23H28BrN5O2S/c1-25-22-20-4-2-3-5-21(20)28-23(29-22)26-14-16-6-8-17(9-7-16)15-27-32(30,31)19-12-10-18(24)11-13-19/h2-5,10-13,16-17,27H,6-9,14-15H2,1H3,(H2,25,26,28,29)/t16-,17-. The zero-order valence-electron chi connectivity index (χ0n) is 18.0. The van der Waals surface area contributed by atoms with Crippen LogP contribution in [0, 0.1) is 11.8 Å². The van der Waals surface area contributed by atoms with E-state index < -0.39 is 10.0 Å². The van der Waals surface area contributed by atoms with Crippen LogP contribution in [0.3, 0.4) is 0 Å². The smallest absolute Gasteiger partial charge is 0.240 e. The number of rotatable bonds is 8. The molecule has 1 aromatic heterocycles. The van der Waals surface area contributed by atoms with Gasteiger partial charge in [0.2, 0.25) is 16.0 Å². The van der Waals surface area contributed by atoms with Crippen LogP contribution in [0.25, 0.3) is 10.9 Å². The number of halogens is 1. The number of sulfonamides is 1. The number of para-hydroxylation sites is 1. The minimum atomic E-state index is -3.47. The van der Waals surface area contributed by atoms with Gasteiger partial charge in [0.1, 0.15) is 5.82 Å². The summed E-state index contributed by atoms with van der Waals surface area (Å²) in [4.78, 5) is 9.53. The molecule has 0 bridgehead atoms. The predicted molar refractivity (Wildman–Crippen MR) is 132 cm³/mol. The molecule has 0 spiro atoms. The minimum Gasteiger partial charge on any atom is -0.372 e. The van der Waals surface area contributed by atoms with Gasteiger partial charge in [0.15, 0.2) is 0 Å². The van der Waals surface area contributed by atoms with Crippen molar-refractivity contribution < 1.29 is 8.42 Å². The molecule has 32 heavy (non-hydrogen) atoms. The summed E-state index contributed by atoms with van der Waals surface area (Å²) in [5.74, 6) is 2.35. The highest BCUT2D eigenvalue weighted by Gasteiger charge is 2.23. The van der Waals surface area contributed by atoms with Crippen molar-refractivity contribution in [1.82, 2.24) is 14.7 Å². The van der Waals surface area contributed by atoms with Crippen molar-refractivity contribution in [2.45, 2.75) is 30.6 Å². The van der Waals surface area contributed by atoms with Crippen molar-refractivity contribution in [3.05, 3.63) is 53.0 Å². The summed E-state index contributed by atoms with van der Waals surface area (Å²) >= 11 is 3.33. The first-order valence-corrected chi connectivity index (χ1v) is 13.2. The Labute approximate surface area is 197 Å². The normalized spacial score (nSPS) is 19.1. The third kappa shape index (κ3) is 5.57. The average Bonchev–Trinajstić information content (AvgIpc) is 2.82. The fourth-order valence-electron chi connectivity index (χ4n) is 4.15. The first-order chi connectivity index (χ1) is 15.4. The van der Waals surface area contributed by atoms with E-state index in [0.29, 0.717) is 29.2 Å². The van der Waals surface area contributed by atoms with Crippen molar-refractivity contribution >= 4 is 48.6 Å². The van der Waals surface area contributed by atoms with Gasteiger partial charge in [-0.3, -0.25) is 0 Å². The maximum atomic E-state index is 12.5. The van der Waals surface area contributed by atoms with Gasteiger partial charge in [-0.2, -0.15) is 4.98 Å². The van der Waals surface area contributed by atoms with Crippen molar-refractivity contribution in [1.29, 1.82) is 0 Å². The zero-order valence-corrected chi connectivity index (χ0v) is 20.4. The Hall–Kier alpha value is -2.23. The molecule has 7 nitrogen and oxygen atoms in total. The first-order valence-electron chi connectivity index (χ1n) is 10.9. The maximum absolute atomic E-state index is 12.5. The summed E-state index contributed by atoms with van der Waals surface area (Å²) in [6, 6.07) is 14.7. The second kappa shape index (κ2) is 10.1. The maximum Gasteiger partial charge on any atom is 0.240 e. The summed E-state index contributed by atoms with van der Waals surface area (Å²) in [5.41, 5.74) is 0.913. The van der Waals surface area contributed by atoms with Gasteiger partial charge in [0.05, 0.1) is 10.4 Å². The van der Waals surface area contributed by atoms with Gasteiger partial charge in [-0.05, 0) is 73.9 Å². The van der Waals surface area contributed by atoms with E-state index in [2.05, 4.69) is 41.3 Å². The molecule has 3 N–H and O–H groups in total. The Morgan fingerprint density at radius 3 is 2.28 bits per heavy atom. The van der Waals surface area contributed by atoms with E-state index in [0.717, 1.165) is 53.4 Å². The van der Waals surface area contributed by atoms with Crippen molar-refractivity contribution in [2.75, 3.05) is 30.8 Å².